The Labute approximate surface area is 126 Å². The van der Waals surface area contributed by atoms with E-state index in [1.165, 1.54) is 0 Å². The third-order valence-electron chi connectivity index (χ3n) is 2.42. The minimum absolute atomic E-state index is 0. The quantitative estimate of drug-likeness (QED) is 0.568. The van der Waals surface area contributed by atoms with Gasteiger partial charge in [0, 0.05) is 16.5 Å². The Morgan fingerprint density at radius 2 is 1.40 bits per heavy atom. The summed E-state index contributed by atoms with van der Waals surface area (Å²) in [7, 11) is 0. The first kappa shape index (κ1) is 16.1. The van der Waals surface area contributed by atoms with Crippen LogP contribution in [0.2, 0.25) is 0 Å². The zero-order chi connectivity index (χ0) is 13.7. The zero-order valence-corrected chi connectivity index (χ0v) is 13.1. The molecule has 20 heavy (non-hydrogen) atoms. The van der Waals surface area contributed by atoms with Gasteiger partial charge in [0.05, 0.1) is 5.56 Å². The normalized spacial score (nSPS) is 9.95. The molecule has 0 aliphatic rings. The van der Waals surface area contributed by atoms with E-state index >= 15 is 0 Å². The minimum Gasteiger partial charge on any atom is -0.487 e. The summed E-state index contributed by atoms with van der Waals surface area (Å²) in [4.78, 5) is 0. The van der Waals surface area contributed by atoms with Crippen molar-refractivity contribution in [2.45, 2.75) is 26.4 Å². The van der Waals surface area contributed by atoms with E-state index in [9.17, 15) is 0 Å². The molecule has 0 spiro atoms. The summed E-state index contributed by atoms with van der Waals surface area (Å²) in [5.41, 5.74) is 1.71. The standard InChI is InChI=1S/C18H18O.Si/c1-18(2,3)19-17-12-8-7-11-16(17)14-13-15-9-5-4-6-10-15;/h4-12H,1-3H3;. The fraction of sp³-hybridized carbons (Fsp3) is 0.222. The van der Waals surface area contributed by atoms with Gasteiger partial charge in [-0.1, -0.05) is 42.2 Å². The Bertz CT molecular complexity index is 601. The number of hydrogen-bond donors (Lipinski definition) is 0. The molecule has 0 fully saturated rings. The van der Waals surface area contributed by atoms with Crippen LogP contribution in [0.15, 0.2) is 54.6 Å². The maximum absolute atomic E-state index is 5.92. The lowest BCUT2D eigenvalue weighted by molar-refractivity contribution is 0.130. The first-order chi connectivity index (χ1) is 9.04. The van der Waals surface area contributed by atoms with Crippen molar-refractivity contribution in [2.75, 3.05) is 0 Å². The van der Waals surface area contributed by atoms with E-state index in [1.807, 2.05) is 75.4 Å². The number of benzene rings is 2. The number of hydrogen-bond acceptors (Lipinski definition) is 1. The number of para-hydroxylation sites is 1. The van der Waals surface area contributed by atoms with Crippen LogP contribution in [-0.2, 0) is 0 Å². The van der Waals surface area contributed by atoms with Gasteiger partial charge in [-0.15, -0.1) is 0 Å². The second-order valence-corrected chi connectivity index (χ2v) is 5.33. The van der Waals surface area contributed by atoms with Crippen LogP contribution in [0.1, 0.15) is 31.9 Å². The first-order valence-electron chi connectivity index (χ1n) is 6.40. The predicted molar refractivity (Wildman–Crippen MR) is 85.0 cm³/mol. The molecule has 1 nitrogen and oxygen atoms in total. The van der Waals surface area contributed by atoms with Crippen molar-refractivity contribution in [3.05, 3.63) is 65.7 Å². The summed E-state index contributed by atoms with van der Waals surface area (Å²) in [6, 6.07) is 17.8. The molecule has 4 radical (unpaired) electrons. The maximum atomic E-state index is 5.92. The van der Waals surface area contributed by atoms with E-state index in [4.69, 9.17) is 4.74 Å². The third kappa shape index (κ3) is 4.95. The van der Waals surface area contributed by atoms with Crippen LogP contribution in [0.4, 0.5) is 0 Å². The van der Waals surface area contributed by atoms with Crippen molar-refractivity contribution in [1.82, 2.24) is 0 Å². The molecular weight excluding hydrogens is 260 g/mol. The number of rotatable bonds is 1. The molecule has 0 amide bonds. The van der Waals surface area contributed by atoms with Crippen LogP contribution < -0.4 is 4.74 Å². The smallest absolute Gasteiger partial charge is 0.135 e. The molecular formula is C18H18OSi. The van der Waals surface area contributed by atoms with Crippen molar-refractivity contribution in [1.29, 1.82) is 0 Å². The van der Waals surface area contributed by atoms with Crippen molar-refractivity contribution >= 4 is 11.0 Å². The molecule has 0 saturated carbocycles. The van der Waals surface area contributed by atoms with Crippen LogP contribution in [0, 0.1) is 11.8 Å². The Balaban J connectivity index is 0.00000200. The number of ether oxygens (including phenoxy) is 1. The molecule has 0 atom stereocenters. The van der Waals surface area contributed by atoms with Crippen LogP contribution in [0.3, 0.4) is 0 Å². The lowest BCUT2D eigenvalue weighted by Gasteiger charge is -2.22. The molecule has 100 valence electrons. The van der Waals surface area contributed by atoms with E-state index in [0.29, 0.717) is 0 Å². The first-order valence-corrected chi connectivity index (χ1v) is 6.40. The monoisotopic (exact) mass is 278 g/mol. The van der Waals surface area contributed by atoms with Gasteiger partial charge >= 0.3 is 0 Å². The van der Waals surface area contributed by atoms with Gasteiger partial charge < -0.3 is 4.74 Å². The van der Waals surface area contributed by atoms with Crippen molar-refractivity contribution in [2.24, 2.45) is 0 Å². The topological polar surface area (TPSA) is 9.23 Å². The molecule has 2 rings (SSSR count). The molecule has 0 aliphatic heterocycles. The fourth-order valence-electron chi connectivity index (χ4n) is 1.65. The summed E-state index contributed by atoms with van der Waals surface area (Å²) < 4.78 is 5.92. The molecule has 0 N–H and O–H groups in total. The molecule has 0 unspecified atom stereocenters. The molecule has 2 heteroatoms. The van der Waals surface area contributed by atoms with E-state index in [2.05, 4.69) is 11.8 Å². The Morgan fingerprint density at radius 3 is 2.05 bits per heavy atom. The lowest BCUT2D eigenvalue weighted by atomic mass is 10.1. The summed E-state index contributed by atoms with van der Waals surface area (Å²) in [6.45, 7) is 6.11. The highest BCUT2D eigenvalue weighted by Gasteiger charge is 2.13. The molecule has 0 aliphatic carbocycles. The van der Waals surface area contributed by atoms with Crippen molar-refractivity contribution in [3.8, 4) is 17.6 Å². The highest BCUT2D eigenvalue weighted by Crippen LogP contribution is 2.22. The average molecular weight is 278 g/mol. The Kier molecular flexibility index (Phi) is 5.61. The van der Waals surface area contributed by atoms with Crippen LogP contribution in [0.5, 0.6) is 5.75 Å². The second-order valence-electron chi connectivity index (χ2n) is 5.33. The third-order valence-corrected chi connectivity index (χ3v) is 2.42. The largest absolute Gasteiger partial charge is 0.487 e. The molecule has 2 aromatic carbocycles. The van der Waals surface area contributed by atoms with E-state index in [1.54, 1.807) is 0 Å². The predicted octanol–water partition coefficient (Wildman–Crippen LogP) is 3.88. The van der Waals surface area contributed by atoms with Crippen LogP contribution in [-0.4, -0.2) is 16.6 Å². The molecule has 0 aromatic heterocycles. The van der Waals surface area contributed by atoms with E-state index < -0.39 is 0 Å². The van der Waals surface area contributed by atoms with Gasteiger partial charge in [0.2, 0.25) is 0 Å². The Hall–Kier alpha value is -1.98. The highest BCUT2D eigenvalue weighted by atomic mass is 28.1. The van der Waals surface area contributed by atoms with E-state index in [0.717, 1.165) is 16.9 Å². The summed E-state index contributed by atoms with van der Waals surface area (Å²) in [5.74, 6) is 7.17. The molecule has 2 aromatic rings. The average Bonchev–Trinajstić information content (AvgIpc) is 2.37. The molecule has 0 heterocycles. The summed E-state index contributed by atoms with van der Waals surface area (Å²) in [6.07, 6.45) is 0. The molecule has 0 bridgehead atoms. The fourth-order valence-corrected chi connectivity index (χ4v) is 1.65. The van der Waals surface area contributed by atoms with Gasteiger partial charge in [-0.05, 0) is 45.0 Å². The Morgan fingerprint density at radius 1 is 0.800 bits per heavy atom. The second kappa shape index (κ2) is 6.98. The minimum atomic E-state index is -0.218. The van der Waals surface area contributed by atoms with Crippen molar-refractivity contribution in [3.63, 3.8) is 0 Å². The SMILES string of the molecule is CC(C)(C)Oc1ccccc1C#Cc1ccccc1.[Si]. The van der Waals surface area contributed by atoms with Gasteiger partial charge in [-0.2, -0.15) is 0 Å². The van der Waals surface area contributed by atoms with Crippen LogP contribution in [0.25, 0.3) is 0 Å². The van der Waals surface area contributed by atoms with Gasteiger partial charge in [-0.3, -0.25) is 0 Å². The van der Waals surface area contributed by atoms with Gasteiger partial charge in [-0.25, -0.2) is 0 Å². The van der Waals surface area contributed by atoms with Gasteiger partial charge in [0.15, 0.2) is 0 Å². The highest BCUT2D eigenvalue weighted by molar-refractivity contribution is 5.75. The maximum Gasteiger partial charge on any atom is 0.135 e. The van der Waals surface area contributed by atoms with Crippen molar-refractivity contribution < 1.29 is 4.74 Å². The van der Waals surface area contributed by atoms with E-state index in [-0.39, 0.29) is 16.6 Å². The van der Waals surface area contributed by atoms with Crippen LogP contribution >= 0.6 is 0 Å². The van der Waals surface area contributed by atoms with Gasteiger partial charge in [0.1, 0.15) is 11.4 Å². The van der Waals surface area contributed by atoms with Gasteiger partial charge in [0.25, 0.3) is 0 Å². The summed E-state index contributed by atoms with van der Waals surface area (Å²) in [5, 5.41) is 0. The molecule has 0 saturated heterocycles. The lowest BCUT2D eigenvalue weighted by Crippen LogP contribution is -2.23. The summed E-state index contributed by atoms with van der Waals surface area (Å²) >= 11 is 0. The zero-order valence-electron chi connectivity index (χ0n) is 12.1.